The van der Waals surface area contributed by atoms with Gasteiger partial charge in [-0.05, 0) is 17.5 Å². The van der Waals surface area contributed by atoms with Crippen LogP contribution in [-0.4, -0.2) is 22.0 Å². The van der Waals surface area contributed by atoms with Crippen LogP contribution in [0.5, 0.6) is 0 Å². The van der Waals surface area contributed by atoms with Crippen LogP contribution in [0.25, 0.3) is 0 Å². The molecule has 0 spiro atoms. The summed E-state index contributed by atoms with van der Waals surface area (Å²) in [5.74, 6) is 0.386. The van der Waals surface area contributed by atoms with Crippen LogP contribution in [0, 0.1) is 5.92 Å². The molecule has 0 radical (unpaired) electrons. The lowest BCUT2D eigenvalue weighted by Gasteiger charge is -2.16. The van der Waals surface area contributed by atoms with Crippen molar-refractivity contribution in [1.29, 1.82) is 0 Å². The molecular formula is C11H19N3OS. The van der Waals surface area contributed by atoms with Gasteiger partial charge in [0, 0.05) is 12.0 Å². The van der Waals surface area contributed by atoms with Gasteiger partial charge < -0.3 is 5.32 Å². The first-order valence-electron chi connectivity index (χ1n) is 5.43. The largest absolute Gasteiger partial charge is 0.351 e. The minimum absolute atomic E-state index is 0.0615. The van der Waals surface area contributed by atoms with E-state index in [4.69, 9.17) is 0 Å². The van der Waals surface area contributed by atoms with Gasteiger partial charge in [-0.15, -0.1) is 5.10 Å². The molecule has 4 nitrogen and oxygen atoms in total. The average Bonchev–Trinajstić information content (AvgIpc) is 2.61. The first-order chi connectivity index (χ1) is 7.32. The van der Waals surface area contributed by atoms with E-state index in [9.17, 15) is 4.79 Å². The summed E-state index contributed by atoms with van der Waals surface area (Å²) in [7, 11) is 0. The quantitative estimate of drug-likeness (QED) is 0.882. The van der Waals surface area contributed by atoms with Gasteiger partial charge in [-0.3, -0.25) is 4.79 Å². The lowest BCUT2D eigenvalue weighted by Crippen LogP contribution is -2.29. The normalized spacial score (nSPS) is 11.9. The molecular weight excluding hydrogens is 222 g/mol. The van der Waals surface area contributed by atoms with Gasteiger partial charge in [-0.2, -0.15) is 0 Å². The predicted octanol–water partition coefficient (Wildman–Crippen LogP) is 2.22. The van der Waals surface area contributed by atoms with Crippen molar-refractivity contribution in [3.63, 3.8) is 0 Å². The lowest BCUT2D eigenvalue weighted by atomic mass is 9.91. The third kappa shape index (κ3) is 3.27. The Bertz CT molecular complexity index is 366. The number of rotatable bonds is 3. The fourth-order valence-electron chi connectivity index (χ4n) is 1.21. The average molecular weight is 241 g/mol. The van der Waals surface area contributed by atoms with Crippen molar-refractivity contribution in [1.82, 2.24) is 14.9 Å². The molecule has 1 rings (SSSR count). The van der Waals surface area contributed by atoms with Crippen molar-refractivity contribution in [3.8, 4) is 0 Å². The molecule has 5 heteroatoms. The zero-order valence-corrected chi connectivity index (χ0v) is 11.3. The number of carbonyl (C=O) groups is 1. The predicted molar refractivity (Wildman–Crippen MR) is 65.8 cm³/mol. The Morgan fingerprint density at radius 2 is 2.06 bits per heavy atom. The summed E-state index contributed by atoms with van der Waals surface area (Å²) in [6.07, 6.45) is 0. The molecule has 0 saturated heterocycles. The van der Waals surface area contributed by atoms with Crippen LogP contribution in [-0.2, 0) is 5.41 Å². The van der Waals surface area contributed by atoms with Gasteiger partial charge >= 0.3 is 0 Å². The van der Waals surface area contributed by atoms with E-state index in [1.165, 1.54) is 0 Å². The number of hydrogen-bond donors (Lipinski definition) is 1. The molecule has 0 aliphatic rings. The van der Waals surface area contributed by atoms with Crippen molar-refractivity contribution in [2.45, 2.75) is 40.0 Å². The number of nitrogens with one attached hydrogen (secondary N) is 1. The van der Waals surface area contributed by atoms with Crippen LogP contribution in [0.3, 0.4) is 0 Å². The molecule has 0 aliphatic carbocycles. The Morgan fingerprint density at radius 3 is 2.56 bits per heavy atom. The van der Waals surface area contributed by atoms with E-state index >= 15 is 0 Å². The maximum Gasteiger partial charge on any atom is 0.264 e. The van der Waals surface area contributed by atoms with Crippen LogP contribution >= 0.6 is 11.5 Å². The van der Waals surface area contributed by atoms with E-state index in [0.717, 1.165) is 17.2 Å². The van der Waals surface area contributed by atoms with E-state index < -0.39 is 0 Å². The molecule has 0 aromatic carbocycles. The summed E-state index contributed by atoms with van der Waals surface area (Å²) >= 11 is 1.16. The second-order valence-corrected chi connectivity index (χ2v) is 6.06. The summed E-state index contributed by atoms with van der Waals surface area (Å²) in [6.45, 7) is 10.9. The minimum atomic E-state index is -0.141. The smallest absolute Gasteiger partial charge is 0.264 e. The van der Waals surface area contributed by atoms with Gasteiger partial charge in [0.15, 0.2) is 0 Å². The van der Waals surface area contributed by atoms with Crippen LogP contribution in [0.4, 0.5) is 0 Å². The van der Waals surface area contributed by atoms with Crippen LogP contribution in [0.2, 0.25) is 0 Å². The third-order valence-electron chi connectivity index (χ3n) is 2.08. The molecule has 1 aromatic rings. The van der Waals surface area contributed by atoms with Gasteiger partial charge in [0.05, 0.1) is 5.69 Å². The van der Waals surface area contributed by atoms with Crippen LogP contribution in [0.1, 0.15) is 50.0 Å². The summed E-state index contributed by atoms with van der Waals surface area (Å²) in [5, 5.41) is 6.93. The van der Waals surface area contributed by atoms with E-state index in [2.05, 4.69) is 28.8 Å². The number of aromatic nitrogens is 2. The van der Waals surface area contributed by atoms with Crippen LogP contribution in [0.15, 0.2) is 0 Å². The van der Waals surface area contributed by atoms with Gasteiger partial charge in [-0.1, -0.05) is 39.1 Å². The molecule has 1 aromatic heterocycles. The molecule has 1 amide bonds. The van der Waals surface area contributed by atoms with Crippen molar-refractivity contribution >= 4 is 17.4 Å². The third-order valence-corrected chi connectivity index (χ3v) is 2.80. The fraction of sp³-hybridized carbons (Fsp3) is 0.727. The maximum absolute atomic E-state index is 11.9. The zero-order valence-electron chi connectivity index (χ0n) is 10.5. The van der Waals surface area contributed by atoms with Crippen molar-refractivity contribution in [3.05, 3.63) is 10.6 Å². The molecule has 1 heterocycles. The van der Waals surface area contributed by atoms with Gasteiger partial charge in [0.1, 0.15) is 4.88 Å². The molecule has 0 saturated carbocycles. The highest BCUT2D eigenvalue weighted by Gasteiger charge is 2.26. The SMILES string of the molecule is CC(C)CNC(=O)c1snnc1C(C)(C)C. The topological polar surface area (TPSA) is 54.9 Å². The van der Waals surface area contributed by atoms with Crippen molar-refractivity contribution < 1.29 is 4.79 Å². The summed E-state index contributed by atoms with van der Waals surface area (Å²) in [6, 6.07) is 0. The highest BCUT2D eigenvalue weighted by molar-refractivity contribution is 7.08. The van der Waals surface area contributed by atoms with Gasteiger partial charge in [0.25, 0.3) is 5.91 Å². The molecule has 0 atom stereocenters. The van der Waals surface area contributed by atoms with Crippen molar-refractivity contribution in [2.24, 2.45) is 5.92 Å². The first kappa shape index (κ1) is 13.1. The first-order valence-corrected chi connectivity index (χ1v) is 6.20. The molecule has 0 bridgehead atoms. The number of amides is 1. The highest BCUT2D eigenvalue weighted by Crippen LogP contribution is 2.25. The Balaban J connectivity index is 2.81. The van der Waals surface area contributed by atoms with E-state index in [-0.39, 0.29) is 11.3 Å². The number of carbonyl (C=O) groups excluding carboxylic acids is 1. The Labute approximate surface area is 101 Å². The molecule has 16 heavy (non-hydrogen) atoms. The second kappa shape index (κ2) is 4.91. The standard InChI is InChI=1S/C11H19N3OS/c1-7(2)6-12-10(15)8-9(11(3,4)5)13-14-16-8/h7H,6H2,1-5H3,(H,12,15). The summed E-state index contributed by atoms with van der Waals surface area (Å²) in [5.41, 5.74) is 0.635. The van der Waals surface area contributed by atoms with Crippen molar-refractivity contribution in [2.75, 3.05) is 6.54 Å². The molecule has 0 aliphatic heterocycles. The van der Waals surface area contributed by atoms with E-state index in [1.807, 2.05) is 20.8 Å². The van der Waals surface area contributed by atoms with Gasteiger partial charge in [0.2, 0.25) is 0 Å². The number of nitrogens with zero attached hydrogens (tertiary/aromatic N) is 2. The number of hydrogen-bond acceptors (Lipinski definition) is 4. The fourth-order valence-corrected chi connectivity index (χ4v) is 2.00. The van der Waals surface area contributed by atoms with E-state index in [0.29, 0.717) is 17.3 Å². The maximum atomic E-state index is 11.9. The second-order valence-electron chi connectivity index (χ2n) is 5.30. The lowest BCUT2D eigenvalue weighted by molar-refractivity contribution is 0.0950. The Kier molecular flexibility index (Phi) is 4.02. The zero-order chi connectivity index (χ0) is 12.3. The minimum Gasteiger partial charge on any atom is -0.351 e. The molecule has 0 fully saturated rings. The van der Waals surface area contributed by atoms with Gasteiger partial charge in [-0.25, -0.2) is 0 Å². The highest BCUT2D eigenvalue weighted by atomic mass is 32.1. The van der Waals surface area contributed by atoms with Crippen LogP contribution < -0.4 is 5.32 Å². The summed E-state index contributed by atoms with van der Waals surface area (Å²) < 4.78 is 3.87. The summed E-state index contributed by atoms with van der Waals surface area (Å²) in [4.78, 5) is 12.5. The molecule has 0 unspecified atom stereocenters. The Hall–Kier alpha value is -0.970. The molecule has 90 valence electrons. The monoisotopic (exact) mass is 241 g/mol. The molecule has 1 N–H and O–H groups in total. The Morgan fingerprint density at radius 1 is 1.44 bits per heavy atom. The van der Waals surface area contributed by atoms with E-state index in [1.54, 1.807) is 0 Å².